The number of guanidine groups is 1. The van der Waals surface area contributed by atoms with Crippen LogP contribution in [0.1, 0.15) is 12.8 Å². The van der Waals surface area contributed by atoms with Crippen molar-refractivity contribution in [3.05, 3.63) is 4.91 Å². The van der Waals surface area contributed by atoms with Gasteiger partial charge in [-0.05, 0) is 12.8 Å². The van der Waals surface area contributed by atoms with E-state index in [0.717, 1.165) is 0 Å². The molecule has 6 N–H and O–H groups in total. The van der Waals surface area contributed by atoms with E-state index in [2.05, 4.69) is 14.3 Å². The van der Waals surface area contributed by atoms with Crippen molar-refractivity contribution in [2.24, 2.45) is 21.0 Å². The first-order chi connectivity index (χ1) is 7.07. The largest absolute Gasteiger partial charge is 0.480 e. The average molecular weight is 235 g/mol. The van der Waals surface area contributed by atoms with Crippen LogP contribution in [-0.4, -0.2) is 29.6 Å². The van der Waals surface area contributed by atoms with E-state index >= 15 is 0 Å². The molecule has 0 rings (SSSR count). The molecule has 0 aliphatic carbocycles. The smallest absolute Gasteiger partial charge is 0.320 e. The normalized spacial score (nSPS) is 13.3. The fraction of sp³-hybridized carbons (Fsp3) is 0.667. The second-order valence-electron chi connectivity index (χ2n) is 2.62. The summed E-state index contributed by atoms with van der Waals surface area (Å²) >= 11 is 0.530. The second kappa shape index (κ2) is 8.00. The van der Waals surface area contributed by atoms with Gasteiger partial charge >= 0.3 is 5.97 Å². The maximum absolute atomic E-state index is 10.3. The Labute approximate surface area is 90.7 Å². The van der Waals surface area contributed by atoms with Crippen molar-refractivity contribution in [3.63, 3.8) is 0 Å². The minimum atomic E-state index is -1.04. The molecule has 0 aliphatic rings. The predicted octanol–water partition coefficient (Wildman–Crippen LogP) is -0.588. The van der Waals surface area contributed by atoms with Crippen LogP contribution in [0.15, 0.2) is 9.57 Å². The van der Waals surface area contributed by atoms with Crippen LogP contribution in [0.25, 0.3) is 0 Å². The lowest BCUT2D eigenvalue weighted by atomic mass is 10.2. The molecule has 1 atom stereocenters. The lowest BCUT2D eigenvalue weighted by Gasteiger charge is -2.04. The molecular weight excluding hydrogens is 222 g/mol. The van der Waals surface area contributed by atoms with Crippen LogP contribution in [0.2, 0.25) is 0 Å². The number of nitroso groups, excluding NO2 is 1. The third-order valence-electron chi connectivity index (χ3n) is 1.46. The van der Waals surface area contributed by atoms with E-state index in [1.165, 1.54) is 0 Å². The number of carboxylic acids is 1. The average Bonchev–Trinajstić information content (AvgIpc) is 2.20. The van der Waals surface area contributed by atoms with Gasteiger partial charge in [-0.1, -0.05) is 0 Å². The minimum absolute atomic E-state index is 0.0727. The van der Waals surface area contributed by atoms with E-state index in [9.17, 15) is 9.70 Å². The highest BCUT2D eigenvalue weighted by Crippen LogP contribution is 1.96. The van der Waals surface area contributed by atoms with Crippen LogP contribution in [0.4, 0.5) is 0 Å². The van der Waals surface area contributed by atoms with E-state index in [-0.39, 0.29) is 5.96 Å². The Morgan fingerprint density at radius 3 is 2.80 bits per heavy atom. The van der Waals surface area contributed by atoms with Crippen molar-refractivity contribution in [2.75, 3.05) is 6.54 Å². The van der Waals surface area contributed by atoms with Gasteiger partial charge in [-0.3, -0.25) is 14.5 Å². The summed E-state index contributed by atoms with van der Waals surface area (Å²) in [5, 5.41) is 8.46. The van der Waals surface area contributed by atoms with E-state index in [4.69, 9.17) is 16.6 Å². The van der Waals surface area contributed by atoms with Gasteiger partial charge in [-0.25, -0.2) is 0 Å². The maximum Gasteiger partial charge on any atom is 0.320 e. The van der Waals surface area contributed by atoms with E-state index < -0.39 is 12.0 Å². The van der Waals surface area contributed by atoms with Crippen LogP contribution in [0.5, 0.6) is 0 Å². The van der Waals surface area contributed by atoms with Gasteiger partial charge < -0.3 is 16.6 Å². The number of nitrogens with zero attached hydrogens (tertiary/aromatic N) is 2. The quantitative estimate of drug-likeness (QED) is 0.152. The standard InChI is InChI=1S/C6H13N5O3S/c7-4(5(12)13)2-1-3-9-6(8)10-15-11-14/h4H,1-3,7H2,(H,12,13)(H3,8,9,10)/t4-/m0/s1. The maximum atomic E-state index is 10.3. The minimum Gasteiger partial charge on any atom is -0.480 e. The summed E-state index contributed by atoms with van der Waals surface area (Å²) in [6.45, 7) is 0.346. The number of aliphatic imine (C=N–C) groups is 1. The Bertz CT molecular complexity index is 247. The fourth-order valence-corrected chi connectivity index (χ4v) is 0.927. The van der Waals surface area contributed by atoms with Crippen molar-refractivity contribution >= 4 is 24.1 Å². The third kappa shape index (κ3) is 7.70. The molecular formula is C6H13N5O3S. The Morgan fingerprint density at radius 1 is 1.60 bits per heavy atom. The molecule has 8 nitrogen and oxygen atoms in total. The Hall–Kier alpha value is -1.35. The first-order valence-corrected chi connectivity index (χ1v) is 4.88. The van der Waals surface area contributed by atoms with Gasteiger partial charge in [0.05, 0.1) is 0 Å². The van der Waals surface area contributed by atoms with Crippen molar-refractivity contribution in [2.45, 2.75) is 18.9 Å². The molecule has 0 saturated heterocycles. The predicted molar refractivity (Wildman–Crippen MR) is 57.9 cm³/mol. The van der Waals surface area contributed by atoms with Gasteiger partial charge in [-0.15, -0.1) is 4.91 Å². The van der Waals surface area contributed by atoms with Gasteiger partial charge in [0.1, 0.15) is 18.2 Å². The Balaban J connectivity index is 3.59. The first kappa shape index (κ1) is 13.7. The molecule has 0 spiro atoms. The Kier molecular flexibility index (Phi) is 7.28. The van der Waals surface area contributed by atoms with Crippen LogP contribution in [0, 0.1) is 4.91 Å². The molecule has 0 radical (unpaired) electrons. The molecule has 0 fully saturated rings. The monoisotopic (exact) mass is 235 g/mol. The molecule has 0 bridgehead atoms. The number of aliphatic carboxylic acids is 1. The van der Waals surface area contributed by atoms with Crippen LogP contribution in [-0.2, 0) is 4.79 Å². The zero-order valence-electron chi connectivity index (χ0n) is 7.92. The van der Waals surface area contributed by atoms with E-state index in [0.29, 0.717) is 31.5 Å². The number of hydrogen-bond donors (Lipinski definition) is 4. The molecule has 0 unspecified atom stereocenters. The lowest BCUT2D eigenvalue weighted by Crippen LogP contribution is -2.30. The molecule has 15 heavy (non-hydrogen) atoms. The lowest BCUT2D eigenvalue weighted by molar-refractivity contribution is -0.138. The molecule has 0 aliphatic heterocycles. The number of nitrogens with two attached hydrogens (primary N) is 2. The number of nitrogens with one attached hydrogen (secondary N) is 1. The molecule has 0 aromatic carbocycles. The molecule has 9 heteroatoms. The summed E-state index contributed by atoms with van der Waals surface area (Å²) in [7, 11) is 0. The first-order valence-electron chi connectivity index (χ1n) is 4.11. The number of carbonyl (C=O) groups is 1. The molecule has 0 heterocycles. The zero-order valence-corrected chi connectivity index (χ0v) is 8.74. The van der Waals surface area contributed by atoms with Crippen LogP contribution < -0.4 is 16.2 Å². The summed E-state index contributed by atoms with van der Waals surface area (Å²) < 4.78 is 4.81. The Morgan fingerprint density at radius 2 is 2.27 bits per heavy atom. The molecule has 0 amide bonds. The molecule has 0 aromatic rings. The van der Waals surface area contributed by atoms with Crippen molar-refractivity contribution in [3.8, 4) is 0 Å². The SMILES string of the molecule is NC(=NCCC[C@H](N)C(=O)O)NSN=O. The third-order valence-corrected chi connectivity index (χ3v) is 1.84. The molecule has 0 saturated carbocycles. The van der Waals surface area contributed by atoms with Gasteiger partial charge in [0.15, 0.2) is 5.96 Å². The summed E-state index contributed by atoms with van der Waals surface area (Å²) in [5.74, 6) is -0.964. The van der Waals surface area contributed by atoms with E-state index in [1.54, 1.807) is 0 Å². The van der Waals surface area contributed by atoms with E-state index in [1.807, 2.05) is 0 Å². The number of rotatable bonds is 7. The summed E-state index contributed by atoms with van der Waals surface area (Å²) in [4.78, 5) is 23.8. The topological polar surface area (TPSA) is 143 Å². The summed E-state index contributed by atoms with van der Waals surface area (Å²) in [6, 6.07) is -0.875. The number of carboxylic acid groups (broad SMARTS) is 1. The van der Waals surface area contributed by atoms with Crippen molar-refractivity contribution in [1.82, 2.24) is 4.72 Å². The van der Waals surface area contributed by atoms with Crippen molar-refractivity contribution < 1.29 is 9.90 Å². The highest BCUT2D eigenvalue weighted by molar-refractivity contribution is 7.96. The fourth-order valence-electron chi connectivity index (χ4n) is 0.732. The molecule has 0 aromatic heterocycles. The highest BCUT2D eigenvalue weighted by Gasteiger charge is 2.09. The van der Waals surface area contributed by atoms with Gasteiger partial charge in [0.25, 0.3) is 0 Å². The zero-order chi connectivity index (χ0) is 11.7. The van der Waals surface area contributed by atoms with Gasteiger partial charge in [0, 0.05) is 11.1 Å². The second-order valence-corrected chi connectivity index (χ2v) is 3.16. The van der Waals surface area contributed by atoms with Crippen LogP contribution in [0.3, 0.4) is 0 Å². The highest BCUT2D eigenvalue weighted by atomic mass is 32.2. The summed E-state index contributed by atoms with van der Waals surface area (Å²) in [5.41, 5.74) is 10.6. The molecule has 86 valence electrons. The van der Waals surface area contributed by atoms with Gasteiger partial charge in [-0.2, -0.15) is 0 Å². The summed E-state index contributed by atoms with van der Waals surface area (Å²) in [6.07, 6.45) is 0.834. The van der Waals surface area contributed by atoms with Gasteiger partial charge in [0.2, 0.25) is 0 Å². The van der Waals surface area contributed by atoms with Crippen LogP contribution >= 0.6 is 12.1 Å². The van der Waals surface area contributed by atoms with Crippen molar-refractivity contribution in [1.29, 1.82) is 0 Å². The number of hydrogen-bond acceptors (Lipinski definition) is 6.